The van der Waals surface area contributed by atoms with E-state index in [1.165, 1.54) is 57.4 Å². The van der Waals surface area contributed by atoms with Gasteiger partial charge in [0.15, 0.2) is 0 Å². The Morgan fingerprint density at radius 3 is 1.63 bits per heavy atom. The number of unbranched alkanes of at least 4 members (excludes halogenated alkanes) is 8. The minimum atomic E-state index is 0.103. The van der Waals surface area contributed by atoms with Gasteiger partial charge in [0.25, 0.3) is 0 Å². The van der Waals surface area contributed by atoms with Gasteiger partial charge in [-0.05, 0) is 18.9 Å². The maximum absolute atomic E-state index is 11.8. The van der Waals surface area contributed by atoms with E-state index < -0.39 is 0 Å². The summed E-state index contributed by atoms with van der Waals surface area (Å²) in [4.78, 5) is 13.7. The van der Waals surface area contributed by atoms with E-state index in [9.17, 15) is 4.79 Å². The van der Waals surface area contributed by atoms with E-state index in [1.807, 2.05) is 4.90 Å². The lowest BCUT2D eigenvalue weighted by Crippen LogP contribution is -2.31. The second-order valence-corrected chi connectivity index (χ2v) is 5.36. The molecule has 2 nitrogen and oxygen atoms in total. The van der Waals surface area contributed by atoms with E-state index in [1.54, 1.807) is 0 Å². The fourth-order valence-electron chi connectivity index (χ4n) is 2.27. The van der Waals surface area contributed by atoms with E-state index in [4.69, 9.17) is 0 Å². The Morgan fingerprint density at radius 2 is 1.26 bits per heavy atom. The van der Waals surface area contributed by atoms with Crippen LogP contribution in [0.3, 0.4) is 0 Å². The molecule has 0 bridgehead atoms. The van der Waals surface area contributed by atoms with Crippen LogP contribution in [0, 0.1) is 0 Å². The van der Waals surface area contributed by atoms with Crippen molar-refractivity contribution in [1.82, 2.24) is 4.90 Å². The van der Waals surface area contributed by atoms with Crippen LogP contribution in [0.5, 0.6) is 0 Å². The fourth-order valence-corrected chi connectivity index (χ4v) is 2.27. The van der Waals surface area contributed by atoms with Crippen LogP contribution < -0.4 is 0 Å². The number of amides is 1. The highest BCUT2D eigenvalue weighted by molar-refractivity contribution is 5.86. The topological polar surface area (TPSA) is 20.3 Å². The molecule has 0 saturated heterocycles. The van der Waals surface area contributed by atoms with Gasteiger partial charge in [0, 0.05) is 13.1 Å². The van der Waals surface area contributed by atoms with Gasteiger partial charge in [0.1, 0.15) is 0 Å². The van der Waals surface area contributed by atoms with Crippen molar-refractivity contribution in [2.24, 2.45) is 0 Å². The molecule has 0 spiro atoms. The van der Waals surface area contributed by atoms with Crippen LogP contribution in [0.25, 0.3) is 0 Å². The number of carbonyl (C=O) groups is 1. The van der Waals surface area contributed by atoms with Crippen molar-refractivity contribution >= 4 is 5.91 Å². The molecule has 112 valence electrons. The van der Waals surface area contributed by atoms with Crippen LogP contribution in [0.4, 0.5) is 0 Å². The molecule has 0 aromatic rings. The van der Waals surface area contributed by atoms with Gasteiger partial charge in [-0.1, -0.05) is 71.8 Å². The predicted molar refractivity (Wildman–Crippen MR) is 84.3 cm³/mol. The molecule has 1 amide bonds. The van der Waals surface area contributed by atoms with Gasteiger partial charge < -0.3 is 4.90 Å². The average molecular weight is 267 g/mol. The van der Waals surface area contributed by atoms with Crippen LogP contribution in [-0.2, 0) is 4.79 Å². The Labute approximate surface area is 120 Å². The van der Waals surface area contributed by atoms with Gasteiger partial charge in [0.05, 0.1) is 0 Å². The molecule has 0 saturated carbocycles. The largest absolute Gasteiger partial charge is 0.339 e. The fraction of sp³-hybridized carbons (Fsp3) is 0.824. The van der Waals surface area contributed by atoms with E-state index in [0.717, 1.165) is 25.9 Å². The second-order valence-electron chi connectivity index (χ2n) is 5.36. The van der Waals surface area contributed by atoms with Crippen molar-refractivity contribution in [3.05, 3.63) is 12.7 Å². The average Bonchev–Trinajstić information content (AvgIpc) is 2.43. The quantitative estimate of drug-likeness (QED) is 0.342. The van der Waals surface area contributed by atoms with Crippen molar-refractivity contribution in [1.29, 1.82) is 0 Å². The van der Waals surface area contributed by atoms with E-state index in [0.29, 0.717) is 0 Å². The molecule has 0 aliphatic carbocycles. The number of rotatable bonds is 13. The molecule has 0 atom stereocenters. The molecular weight excluding hydrogens is 234 g/mol. The molecule has 0 aromatic heterocycles. The molecule has 0 rings (SSSR count). The molecule has 0 fully saturated rings. The summed E-state index contributed by atoms with van der Waals surface area (Å²) >= 11 is 0. The summed E-state index contributed by atoms with van der Waals surface area (Å²) in [6.45, 7) is 9.87. The van der Waals surface area contributed by atoms with Crippen LogP contribution >= 0.6 is 0 Å². The number of hydrogen-bond donors (Lipinski definition) is 0. The predicted octanol–water partition coefficient (Wildman–Crippen LogP) is 4.94. The van der Waals surface area contributed by atoms with E-state index in [2.05, 4.69) is 20.4 Å². The van der Waals surface area contributed by atoms with Crippen molar-refractivity contribution in [2.45, 2.75) is 78.1 Å². The molecule has 19 heavy (non-hydrogen) atoms. The Kier molecular flexibility index (Phi) is 13.1. The number of hydrogen-bond acceptors (Lipinski definition) is 1. The van der Waals surface area contributed by atoms with Crippen molar-refractivity contribution in [2.75, 3.05) is 13.1 Å². The second kappa shape index (κ2) is 13.6. The van der Waals surface area contributed by atoms with Crippen molar-refractivity contribution < 1.29 is 4.79 Å². The zero-order chi connectivity index (χ0) is 14.3. The summed E-state index contributed by atoms with van der Waals surface area (Å²) in [7, 11) is 0. The first-order valence-corrected chi connectivity index (χ1v) is 8.17. The third-order valence-electron chi connectivity index (χ3n) is 3.55. The Bertz CT molecular complexity index is 211. The molecular formula is C17H33NO. The smallest absolute Gasteiger partial charge is 0.245 e. The Balaban J connectivity index is 3.76. The lowest BCUT2D eigenvalue weighted by atomic mass is 10.1. The molecule has 0 unspecified atom stereocenters. The van der Waals surface area contributed by atoms with E-state index in [-0.39, 0.29) is 5.91 Å². The van der Waals surface area contributed by atoms with Gasteiger partial charge in [-0.25, -0.2) is 0 Å². The molecule has 2 heteroatoms. The zero-order valence-electron chi connectivity index (χ0n) is 13.1. The summed E-state index contributed by atoms with van der Waals surface area (Å²) in [5, 5.41) is 0. The lowest BCUT2D eigenvalue weighted by Gasteiger charge is -2.21. The highest BCUT2D eigenvalue weighted by Gasteiger charge is 2.08. The molecule has 0 heterocycles. The Hall–Kier alpha value is -0.790. The normalized spacial score (nSPS) is 10.4. The van der Waals surface area contributed by atoms with E-state index >= 15 is 0 Å². The van der Waals surface area contributed by atoms with Gasteiger partial charge >= 0.3 is 0 Å². The van der Waals surface area contributed by atoms with Gasteiger partial charge in [0.2, 0.25) is 5.91 Å². The van der Waals surface area contributed by atoms with Crippen molar-refractivity contribution in [3.8, 4) is 0 Å². The molecule has 0 aliphatic heterocycles. The first kappa shape index (κ1) is 18.2. The van der Waals surface area contributed by atoms with Crippen molar-refractivity contribution in [3.63, 3.8) is 0 Å². The van der Waals surface area contributed by atoms with Gasteiger partial charge in [-0.15, -0.1) is 0 Å². The summed E-state index contributed by atoms with van der Waals surface area (Å²) in [5.41, 5.74) is 0. The van der Waals surface area contributed by atoms with Crippen LogP contribution in [0.15, 0.2) is 12.7 Å². The van der Waals surface area contributed by atoms with Gasteiger partial charge in [-0.2, -0.15) is 0 Å². The zero-order valence-corrected chi connectivity index (χ0v) is 13.1. The first-order chi connectivity index (χ1) is 9.26. The molecule has 0 aliphatic rings. The summed E-state index contributed by atoms with van der Waals surface area (Å²) in [6, 6.07) is 0. The molecule has 0 aromatic carbocycles. The minimum absolute atomic E-state index is 0.103. The summed E-state index contributed by atoms with van der Waals surface area (Å²) in [5.74, 6) is 0.103. The lowest BCUT2D eigenvalue weighted by molar-refractivity contribution is -0.126. The highest BCUT2D eigenvalue weighted by Crippen LogP contribution is 2.07. The third-order valence-corrected chi connectivity index (χ3v) is 3.55. The number of nitrogens with zero attached hydrogens (tertiary/aromatic N) is 1. The highest BCUT2D eigenvalue weighted by atomic mass is 16.2. The molecule has 0 radical (unpaired) electrons. The maximum Gasteiger partial charge on any atom is 0.245 e. The minimum Gasteiger partial charge on any atom is -0.339 e. The van der Waals surface area contributed by atoms with Gasteiger partial charge in [-0.3, -0.25) is 4.79 Å². The van der Waals surface area contributed by atoms with Crippen LogP contribution in [0.1, 0.15) is 78.1 Å². The monoisotopic (exact) mass is 267 g/mol. The Morgan fingerprint density at radius 1 is 0.842 bits per heavy atom. The third kappa shape index (κ3) is 10.8. The standard InChI is InChI=1S/C17H33NO/c1-4-7-9-11-13-15-18(17(19)6-3)16-14-12-10-8-5-2/h6H,3-5,7-16H2,1-2H3. The SMILES string of the molecule is C=CC(=O)N(CCCCCCC)CCCCCCC. The van der Waals surface area contributed by atoms with Crippen LogP contribution in [-0.4, -0.2) is 23.9 Å². The number of carbonyl (C=O) groups excluding carboxylic acids is 1. The first-order valence-electron chi connectivity index (χ1n) is 8.17. The van der Waals surface area contributed by atoms with Crippen LogP contribution in [0.2, 0.25) is 0 Å². The summed E-state index contributed by atoms with van der Waals surface area (Å²) in [6.07, 6.45) is 14.0. The summed E-state index contributed by atoms with van der Waals surface area (Å²) < 4.78 is 0. The maximum atomic E-state index is 11.8. The molecule has 0 N–H and O–H groups in total.